The molecule has 3 atom stereocenters. The minimum atomic E-state index is 0.957. The van der Waals surface area contributed by atoms with Gasteiger partial charge in [-0.1, -0.05) is 13.8 Å². The van der Waals surface area contributed by atoms with Gasteiger partial charge in [0, 0.05) is 12.1 Å². The number of hydrogen-bond donors (Lipinski definition) is 0. The molecule has 2 fully saturated rings. The van der Waals surface area contributed by atoms with Gasteiger partial charge in [-0.2, -0.15) is 0 Å². The molecule has 0 N–H and O–H groups in total. The summed E-state index contributed by atoms with van der Waals surface area (Å²) in [6.07, 6.45) is 7.23. The van der Waals surface area contributed by atoms with Crippen molar-refractivity contribution in [2.45, 2.75) is 58.0 Å². The molecular weight excluding hydrogens is 146 g/mol. The summed E-state index contributed by atoms with van der Waals surface area (Å²) < 4.78 is 0. The van der Waals surface area contributed by atoms with Crippen LogP contribution < -0.4 is 0 Å². The standard InChI is InChI=1S/C11H21N/c1-3-6-12-10-4-5-11(12)8-9(2)7-10/h9-11H,3-8H2,1-2H3/t9-,10+,11-. The van der Waals surface area contributed by atoms with Gasteiger partial charge >= 0.3 is 0 Å². The highest BCUT2D eigenvalue weighted by atomic mass is 15.2. The Kier molecular flexibility index (Phi) is 2.40. The fourth-order valence-electron chi connectivity index (χ4n) is 3.17. The fourth-order valence-corrected chi connectivity index (χ4v) is 3.17. The van der Waals surface area contributed by atoms with Crippen molar-refractivity contribution in [2.75, 3.05) is 6.54 Å². The summed E-state index contributed by atoms with van der Waals surface area (Å²) in [5, 5.41) is 0. The van der Waals surface area contributed by atoms with Crippen molar-refractivity contribution in [2.24, 2.45) is 5.92 Å². The van der Waals surface area contributed by atoms with Gasteiger partial charge in [0.2, 0.25) is 0 Å². The number of hydrogen-bond acceptors (Lipinski definition) is 1. The predicted molar refractivity (Wildman–Crippen MR) is 52.2 cm³/mol. The van der Waals surface area contributed by atoms with E-state index in [4.69, 9.17) is 0 Å². The lowest BCUT2D eigenvalue weighted by molar-refractivity contribution is 0.110. The summed E-state index contributed by atoms with van der Waals surface area (Å²) in [5.41, 5.74) is 0. The number of piperidine rings is 1. The average Bonchev–Trinajstić information content (AvgIpc) is 2.32. The van der Waals surface area contributed by atoms with Gasteiger partial charge < -0.3 is 0 Å². The van der Waals surface area contributed by atoms with Crippen LogP contribution in [0.5, 0.6) is 0 Å². The van der Waals surface area contributed by atoms with Crippen molar-refractivity contribution in [3.63, 3.8) is 0 Å². The van der Waals surface area contributed by atoms with E-state index in [9.17, 15) is 0 Å². The van der Waals surface area contributed by atoms with Gasteiger partial charge in [0.25, 0.3) is 0 Å². The normalized spacial score (nSPS) is 42.0. The molecule has 2 heterocycles. The molecule has 0 unspecified atom stereocenters. The smallest absolute Gasteiger partial charge is 0.0101 e. The van der Waals surface area contributed by atoms with E-state index in [0.29, 0.717) is 0 Å². The van der Waals surface area contributed by atoms with Crippen LogP contribution in [0.1, 0.15) is 46.0 Å². The molecule has 0 saturated carbocycles. The van der Waals surface area contributed by atoms with Crippen molar-refractivity contribution in [1.82, 2.24) is 4.90 Å². The summed E-state index contributed by atoms with van der Waals surface area (Å²) in [4.78, 5) is 2.78. The lowest BCUT2D eigenvalue weighted by Crippen LogP contribution is -2.42. The summed E-state index contributed by atoms with van der Waals surface area (Å²) in [7, 11) is 0. The van der Waals surface area contributed by atoms with Crippen LogP contribution in [0.4, 0.5) is 0 Å². The maximum atomic E-state index is 2.78. The van der Waals surface area contributed by atoms with Crippen molar-refractivity contribution in [3.8, 4) is 0 Å². The first-order valence-corrected chi connectivity index (χ1v) is 5.57. The Labute approximate surface area is 76.1 Å². The van der Waals surface area contributed by atoms with E-state index in [1.54, 1.807) is 0 Å². The Balaban J connectivity index is 1.99. The largest absolute Gasteiger partial charge is 0.297 e. The molecule has 0 aromatic rings. The van der Waals surface area contributed by atoms with Gasteiger partial charge in [-0.15, -0.1) is 0 Å². The Bertz CT molecular complexity index is 141. The van der Waals surface area contributed by atoms with Gasteiger partial charge in [-0.05, 0) is 44.6 Å². The maximum absolute atomic E-state index is 2.78. The Morgan fingerprint density at radius 3 is 2.25 bits per heavy atom. The van der Waals surface area contributed by atoms with Crippen LogP contribution in [0.15, 0.2) is 0 Å². The first-order chi connectivity index (χ1) is 5.81. The second-order valence-corrected chi connectivity index (χ2v) is 4.70. The van der Waals surface area contributed by atoms with Crippen molar-refractivity contribution < 1.29 is 0 Å². The summed E-state index contributed by atoms with van der Waals surface area (Å²) in [5.74, 6) is 0.996. The highest BCUT2D eigenvalue weighted by Crippen LogP contribution is 2.38. The zero-order valence-corrected chi connectivity index (χ0v) is 8.42. The van der Waals surface area contributed by atoms with Gasteiger partial charge in [-0.25, -0.2) is 0 Å². The molecule has 0 aromatic heterocycles. The van der Waals surface area contributed by atoms with Crippen LogP contribution in [0.2, 0.25) is 0 Å². The molecular formula is C11H21N. The molecule has 1 heteroatoms. The zero-order chi connectivity index (χ0) is 8.55. The molecule has 2 bridgehead atoms. The fraction of sp³-hybridized carbons (Fsp3) is 1.00. The third-order valence-corrected chi connectivity index (χ3v) is 3.60. The van der Waals surface area contributed by atoms with E-state index < -0.39 is 0 Å². The molecule has 1 nitrogen and oxygen atoms in total. The minimum absolute atomic E-state index is 0.957. The number of rotatable bonds is 2. The summed E-state index contributed by atoms with van der Waals surface area (Å²) in [6.45, 7) is 6.08. The molecule has 0 aromatic carbocycles. The van der Waals surface area contributed by atoms with Gasteiger partial charge in [0.1, 0.15) is 0 Å². The highest BCUT2D eigenvalue weighted by molar-refractivity contribution is 4.93. The van der Waals surface area contributed by atoms with Gasteiger partial charge in [-0.3, -0.25) is 4.90 Å². The second kappa shape index (κ2) is 3.37. The summed E-state index contributed by atoms with van der Waals surface area (Å²) in [6, 6.07) is 1.91. The monoisotopic (exact) mass is 167 g/mol. The molecule has 2 aliphatic rings. The first-order valence-electron chi connectivity index (χ1n) is 5.57. The molecule has 70 valence electrons. The van der Waals surface area contributed by atoms with Crippen molar-refractivity contribution in [3.05, 3.63) is 0 Å². The molecule has 0 spiro atoms. The highest BCUT2D eigenvalue weighted by Gasteiger charge is 2.38. The first kappa shape index (κ1) is 8.55. The molecule has 2 aliphatic heterocycles. The Morgan fingerprint density at radius 1 is 1.17 bits per heavy atom. The van der Waals surface area contributed by atoms with Crippen LogP contribution in [0.25, 0.3) is 0 Å². The molecule has 12 heavy (non-hydrogen) atoms. The molecule has 2 rings (SSSR count). The SMILES string of the molecule is CCCN1[C@@H]2CC[C@H]1C[C@@H](C)C2. The van der Waals surface area contributed by atoms with E-state index in [2.05, 4.69) is 18.7 Å². The average molecular weight is 167 g/mol. The lowest BCUT2D eigenvalue weighted by atomic mass is 9.92. The third-order valence-electron chi connectivity index (χ3n) is 3.60. The Hall–Kier alpha value is -0.0400. The van der Waals surface area contributed by atoms with Crippen molar-refractivity contribution >= 4 is 0 Å². The molecule has 2 saturated heterocycles. The molecule has 0 aliphatic carbocycles. The van der Waals surface area contributed by atoms with E-state index in [0.717, 1.165) is 18.0 Å². The van der Waals surface area contributed by atoms with Crippen LogP contribution >= 0.6 is 0 Å². The topological polar surface area (TPSA) is 3.24 Å². The van der Waals surface area contributed by atoms with E-state index >= 15 is 0 Å². The maximum Gasteiger partial charge on any atom is 0.0101 e. The lowest BCUT2D eigenvalue weighted by Gasteiger charge is -2.37. The van der Waals surface area contributed by atoms with Crippen LogP contribution in [0, 0.1) is 5.92 Å². The second-order valence-electron chi connectivity index (χ2n) is 4.70. The quantitative estimate of drug-likeness (QED) is 0.611. The Morgan fingerprint density at radius 2 is 1.75 bits per heavy atom. The van der Waals surface area contributed by atoms with Gasteiger partial charge in [0.15, 0.2) is 0 Å². The predicted octanol–water partition coefficient (Wildman–Crippen LogP) is 2.66. The van der Waals surface area contributed by atoms with Crippen LogP contribution in [-0.4, -0.2) is 23.5 Å². The number of fused-ring (bicyclic) bond motifs is 2. The zero-order valence-electron chi connectivity index (χ0n) is 8.42. The van der Waals surface area contributed by atoms with Crippen LogP contribution in [0.3, 0.4) is 0 Å². The van der Waals surface area contributed by atoms with Gasteiger partial charge in [0.05, 0.1) is 0 Å². The molecule has 0 radical (unpaired) electrons. The van der Waals surface area contributed by atoms with Crippen LogP contribution in [-0.2, 0) is 0 Å². The van der Waals surface area contributed by atoms with E-state index in [-0.39, 0.29) is 0 Å². The molecule has 0 amide bonds. The minimum Gasteiger partial charge on any atom is -0.297 e. The number of nitrogens with zero attached hydrogens (tertiary/aromatic N) is 1. The van der Waals surface area contributed by atoms with Crippen molar-refractivity contribution in [1.29, 1.82) is 0 Å². The van der Waals surface area contributed by atoms with E-state index in [1.165, 1.54) is 38.6 Å². The summed E-state index contributed by atoms with van der Waals surface area (Å²) >= 11 is 0. The third kappa shape index (κ3) is 1.39. The van der Waals surface area contributed by atoms with E-state index in [1.807, 2.05) is 0 Å².